The highest BCUT2D eigenvalue weighted by Crippen LogP contribution is 2.22. The Morgan fingerprint density at radius 1 is 1.38 bits per heavy atom. The third-order valence-electron chi connectivity index (χ3n) is 3.95. The van der Waals surface area contributed by atoms with Gasteiger partial charge >= 0.3 is 6.03 Å². The number of anilines is 1. The van der Waals surface area contributed by atoms with Crippen LogP contribution in [-0.4, -0.2) is 72.0 Å². The van der Waals surface area contributed by atoms with E-state index < -0.39 is 0 Å². The van der Waals surface area contributed by atoms with Crippen LogP contribution in [-0.2, 0) is 4.79 Å². The van der Waals surface area contributed by atoms with Crippen molar-refractivity contribution in [1.29, 1.82) is 0 Å². The van der Waals surface area contributed by atoms with E-state index in [-0.39, 0.29) is 18.5 Å². The van der Waals surface area contributed by atoms with E-state index in [0.717, 1.165) is 31.3 Å². The molecule has 2 saturated heterocycles. The first kappa shape index (κ1) is 14.3. The Hall–Kier alpha value is -1.67. The quantitative estimate of drug-likeness (QED) is 0.805. The molecule has 0 unspecified atom stereocenters. The molecule has 0 aliphatic carbocycles. The van der Waals surface area contributed by atoms with E-state index in [4.69, 9.17) is 0 Å². The van der Waals surface area contributed by atoms with Crippen LogP contribution in [0.3, 0.4) is 0 Å². The summed E-state index contributed by atoms with van der Waals surface area (Å²) in [5, 5.41) is 5.60. The van der Waals surface area contributed by atoms with Crippen LogP contribution in [0.1, 0.15) is 6.92 Å². The van der Waals surface area contributed by atoms with Gasteiger partial charge in [-0.2, -0.15) is 0 Å². The van der Waals surface area contributed by atoms with Gasteiger partial charge in [0.2, 0.25) is 5.91 Å². The molecule has 3 amide bonds. The second-order valence-corrected chi connectivity index (χ2v) is 6.23. The highest BCUT2D eigenvalue weighted by atomic mass is 32.1. The normalized spacial score (nSPS) is 23.8. The molecule has 114 valence electrons. The molecule has 2 aliphatic heterocycles. The van der Waals surface area contributed by atoms with E-state index >= 15 is 0 Å². The Bertz CT molecular complexity index is 505. The first-order valence-corrected chi connectivity index (χ1v) is 8.00. The lowest BCUT2D eigenvalue weighted by molar-refractivity contribution is -0.125. The minimum Gasteiger partial charge on any atom is -0.343 e. The van der Waals surface area contributed by atoms with Crippen molar-refractivity contribution in [2.75, 3.05) is 44.2 Å². The summed E-state index contributed by atoms with van der Waals surface area (Å²) in [4.78, 5) is 33.3. The fraction of sp³-hybridized carbons (Fsp3) is 0.615. The van der Waals surface area contributed by atoms with Gasteiger partial charge in [0, 0.05) is 50.3 Å². The van der Waals surface area contributed by atoms with E-state index in [9.17, 15) is 9.59 Å². The zero-order chi connectivity index (χ0) is 14.8. The molecule has 0 spiro atoms. The maximum atomic E-state index is 11.5. The van der Waals surface area contributed by atoms with Gasteiger partial charge in [-0.25, -0.2) is 9.78 Å². The Morgan fingerprint density at radius 3 is 2.86 bits per heavy atom. The number of carbonyl (C=O) groups is 2. The topological polar surface area (TPSA) is 68.8 Å². The summed E-state index contributed by atoms with van der Waals surface area (Å²) in [6.07, 6.45) is 1.83. The molecule has 1 atom stereocenters. The zero-order valence-electron chi connectivity index (χ0n) is 12.0. The van der Waals surface area contributed by atoms with Gasteiger partial charge < -0.3 is 10.2 Å². The van der Waals surface area contributed by atoms with Crippen LogP contribution in [0.2, 0.25) is 0 Å². The summed E-state index contributed by atoms with van der Waals surface area (Å²) in [5.41, 5.74) is 0. The molecular weight excluding hydrogens is 290 g/mol. The van der Waals surface area contributed by atoms with Gasteiger partial charge in [0.25, 0.3) is 0 Å². The molecule has 21 heavy (non-hydrogen) atoms. The third-order valence-corrected chi connectivity index (χ3v) is 4.76. The van der Waals surface area contributed by atoms with Crippen molar-refractivity contribution < 1.29 is 9.59 Å². The summed E-state index contributed by atoms with van der Waals surface area (Å²) in [6, 6.07) is 0.113. The summed E-state index contributed by atoms with van der Waals surface area (Å²) in [5.74, 6) is -0.130. The molecule has 2 fully saturated rings. The molecule has 0 aromatic carbocycles. The second kappa shape index (κ2) is 5.98. The number of rotatable bonds is 4. The van der Waals surface area contributed by atoms with Gasteiger partial charge in [-0.15, -0.1) is 11.3 Å². The number of thiazole rings is 1. The number of aromatic nitrogens is 1. The molecule has 3 heterocycles. The average Bonchev–Trinajstić information content (AvgIpc) is 3.08. The van der Waals surface area contributed by atoms with Gasteiger partial charge in [-0.05, 0) is 6.92 Å². The molecule has 1 aromatic heterocycles. The van der Waals surface area contributed by atoms with Crippen molar-refractivity contribution in [2.45, 2.75) is 13.0 Å². The molecule has 0 bridgehead atoms. The number of amides is 3. The van der Waals surface area contributed by atoms with Gasteiger partial charge in [-0.1, -0.05) is 0 Å². The lowest BCUT2D eigenvalue weighted by Crippen LogP contribution is -2.53. The largest absolute Gasteiger partial charge is 0.343 e. The molecule has 0 saturated carbocycles. The zero-order valence-corrected chi connectivity index (χ0v) is 12.8. The maximum Gasteiger partial charge on any atom is 0.324 e. The minimum atomic E-state index is -0.269. The summed E-state index contributed by atoms with van der Waals surface area (Å²) in [6.45, 7) is 6.28. The smallest absolute Gasteiger partial charge is 0.324 e. The van der Waals surface area contributed by atoms with Crippen LogP contribution in [0.5, 0.6) is 0 Å². The number of nitrogens with zero attached hydrogens (tertiary/aromatic N) is 4. The number of hydrogen-bond donors (Lipinski definition) is 1. The molecule has 8 heteroatoms. The monoisotopic (exact) mass is 309 g/mol. The van der Waals surface area contributed by atoms with Crippen molar-refractivity contribution in [2.24, 2.45) is 0 Å². The van der Waals surface area contributed by atoms with Crippen molar-refractivity contribution in [3.63, 3.8) is 0 Å². The van der Waals surface area contributed by atoms with Crippen molar-refractivity contribution in [3.05, 3.63) is 11.6 Å². The Morgan fingerprint density at radius 2 is 2.24 bits per heavy atom. The minimum absolute atomic E-state index is 0.130. The van der Waals surface area contributed by atoms with Crippen LogP contribution < -0.4 is 10.2 Å². The van der Waals surface area contributed by atoms with Crippen LogP contribution in [0.15, 0.2) is 11.6 Å². The van der Waals surface area contributed by atoms with E-state index in [0.29, 0.717) is 12.6 Å². The first-order valence-electron chi connectivity index (χ1n) is 7.12. The summed E-state index contributed by atoms with van der Waals surface area (Å²) >= 11 is 1.66. The van der Waals surface area contributed by atoms with E-state index in [1.54, 1.807) is 11.3 Å². The fourth-order valence-corrected chi connectivity index (χ4v) is 3.57. The van der Waals surface area contributed by atoms with Crippen molar-refractivity contribution >= 4 is 28.4 Å². The van der Waals surface area contributed by atoms with Gasteiger partial charge in [0.05, 0.1) is 6.54 Å². The Kier molecular flexibility index (Phi) is 4.07. The standard InChI is InChI=1S/C13H19N5O2S/c1-10-9-16(3-5-17(10)13-14-2-7-21-13)4-6-18-11(19)8-15-12(18)20/h2,7,10H,3-6,8-9H2,1H3,(H,15,20)/t10-/m1/s1. The highest BCUT2D eigenvalue weighted by Gasteiger charge is 2.30. The van der Waals surface area contributed by atoms with E-state index in [1.807, 2.05) is 11.6 Å². The lowest BCUT2D eigenvalue weighted by atomic mass is 10.2. The van der Waals surface area contributed by atoms with Gasteiger partial charge in [0.15, 0.2) is 5.13 Å². The first-order chi connectivity index (χ1) is 10.1. The molecular formula is C13H19N5O2S. The van der Waals surface area contributed by atoms with Crippen LogP contribution in [0.25, 0.3) is 0 Å². The molecule has 3 rings (SSSR count). The van der Waals surface area contributed by atoms with Crippen molar-refractivity contribution in [1.82, 2.24) is 20.1 Å². The second-order valence-electron chi connectivity index (χ2n) is 5.36. The van der Waals surface area contributed by atoms with Crippen LogP contribution >= 0.6 is 11.3 Å². The summed E-state index contributed by atoms with van der Waals surface area (Å²) < 4.78 is 0. The Labute approximate surface area is 127 Å². The van der Waals surface area contributed by atoms with Gasteiger partial charge in [-0.3, -0.25) is 14.6 Å². The van der Waals surface area contributed by atoms with E-state index in [1.165, 1.54) is 4.90 Å². The van der Waals surface area contributed by atoms with E-state index in [2.05, 4.69) is 27.0 Å². The molecule has 7 nitrogen and oxygen atoms in total. The lowest BCUT2D eigenvalue weighted by Gasteiger charge is -2.40. The fourth-order valence-electron chi connectivity index (χ4n) is 2.80. The molecule has 2 aliphatic rings. The number of nitrogens with one attached hydrogen (secondary N) is 1. The number of carbonyl (C=O) groups excluding carboxylic acids is 2. The third kappa shape index (κ3) is 3.01. The predicted molar refractivity (Wildman–Crippen MR) is 80.5 cm³/mol. The maximum absolute atomic E-state index is 11.5. The number of imide groups is 1. The SMILES string of the molecule is C[C@@H]1CN(CCN2C(=O)CNC2=O)CCN1c1nccs1. The number of piperazine rings is 1. The molecule has 1 N–H and O–H groups in total. The van der Waals surface area contributed by atoms with Gasteiger partial charge in [0.1, 0.15) is 0 Å². The van der Waals surface area contributed by atoms with Crippen molar-refractivity contribution in [3.8, 4) is 0 Å². The van der Waals surface area contributed by atoms with Crippen LogP contribution in [0.4, 0.5) is 9.93 Å². The summed E-state index contributed by atoms with van der Waals surface area (Å²) in [7, 11) is 0. The highest BCUT2D eigenvalue weighted by molar-refractivity contribution is 7.13. The number of urea groups is 1. The van der Waals surface area contributed by atoms with Crippen LogP contribution in [0, 0.1) is 0 Å². The molecule has 1 aromatic rings. The Balaban J connectivity index is 1.51. The predicted octanol–water partition coefficient (Wildman–Crippen LogP) is 0.205. The average molecular weight is 309 g/mol. The number of hydrogen-bond acceptors (Lipinski definition) is 6. The molecule has 0 radical (unpaired) electrons.